The van der Waals surface area contributed by atoms with Gasteiger partial charge in [-0.15, -0.1) is 0 Å². The molecule has 2 aromatic heterocycles. The maximum absolute atomic E-state index is 13.7. The van der Waals surface area contributed by atoms with E-state index in [0.29, 0.717) is 23.1 Å². The monoisotopic (exact) mass is 512 g/mol. The second-order valence-electron chi connectivity index (χ2n) is 8.74. The predicted molar refractivity (Wildman–Crippen MR) is 131 cm³/mol. The first kappa shape index (κ1) is 25.9. The third-order valence-corrected chi connectivity index (χ3v) is 6.20. The molecular formula is C24H26F2N8O3. The minimum Gasteiger partial charge on any atom is -0.394 e. The number of benzene rings is 1. The number of piperidine rings is 1. The molecule has 0 aliphatic carbocycles. The molecule has 0 radical (unpaired) electrons. The van der Waals surface area contributed by atoms with Crippen molar-refractivity contribution in [1.29, 1.82) is 5.41 Å². The molecule has 1 aromatic carbocycles. The number of hydrogen-bond donors (Lipinski definition) is 5. The first-order chi connectivity index (χ1) is 17.7. The highest BCUT2D eigenvalue weighted by Gasteiger charge is 2.46. The molecule has 194 valence electrons. The summed E-state index contributed by atoms with van der Waals surface area (Å²) < 4.78 is 28.7. The van der Waals surface area contributed by atoms with Crippen molar-refractivity contribution >= 4 is 29.2 Å². The summed E-state index contributed by atoms with van der Waals surface area (Å²) in [6.07, 6.45) is 4.58. The molecule has 0 bridgehead atoms. The number of anilines is 3. The van der Waals surface area contributed by atoms with Gasteiger partial charge < -0.3 is 25.7 Å². The van der Waals surface area contributed by atoms with Gasteiger partial charge in [-0.3, -0.25) is 14.9 Å². The molecule has 1 aliphatic heterocycles. The number of carbonyl (C=O) groups is 1. The molecule has 0 saturated carbocycles. The lowest BCUT2D eigenvalue weighted by atomic mass is 9.83. The maximum atomic E-state index is 13.7. The summed E-state index contributed by atoms with van der Waals surface area (Å²) in [5.74, 6) is -1.52. The van der Waals surface area contributed by atoms with Crippen LogP contribution in [0, 0.1) is 24.0 Å². The Kier molecular flexibility index (Phi) is 7.27. The number of carbonyl (C=O) groups excluding carboxylic acids is 1. The number of amides is 1. The molecule has 0 spiro atoms. The Bertz CT molecular complexity index is 1370. The van der Waals surface area contributed by atoms with E-state index in [4.69, 9.17) is 5.41 Å². The van der Waals surface area contributed by atoms with E-state index in [-0.39, 0.29) is 29.8 Å². The van der Waals surface area contributed by atoms with Crippen molar-refractivity contribution in [3.8, 4) is 0 Å². The van der Waals surface area contributed by atoms with Crippen LogP contribution in [-0.2, 0) is 18.4 Å². The summed E-state index contributed by atoms with van der Waals surface area (Å²) >= 11 is 0. The molecular weight excluding hydrogens is 486 g/mol. The first-order valence-corrected chi connectivity index (χ1v) is 11.3. The fourth-order valence-electron chi connectivity index (χ4n) is 3.96. The van der Waals surface area contributed by atoms with Crippen molar-refractivity contribution in [3.63, 3.8) is 0 Å². The number of halogens is 2. The van der Waals surface area contributed by atoms with Crippen molar-refractivity contribution in [3.05, 3.63) is 71.2 Å². The summed E-state index contributed by atoms with van der Waals surface area (Å²) in [5.41, 5.74) is -0.660. The highest BCUT2D eigenvalue weighted by molar-refractivity contribution is 6.44. The van der Waals surface area contributed by atoms with Crippen molar-refractivity contribution in [2.45, 2.75) is 25.4 Å². The molecule has 4 rings (SSSR count). The van der Waals surface area contributed by atoms with Gasteiger partial charge in [0.1, 0.15) is 17.3 Å². The van der Waals surface area contributed by atoms with E-state index >= 15 is 0 Å². The van der Waals surface area contributed by atoms with Crippen LogP contribution in [0.3, 0.4) is 0 Å². The Hall–Kier alpha value is -4.23. The summed E-state index contributed by atoms with van der Waals surface area (Å²) in [5, 5.41) is 38.9. The topological polar surface area (TPSA) is 152 Å². The zero-order valence-corrected chi connectivity index (χ0v) is 20.2. The third-order valence-electron chi connectivity index (χ3n) is 6.20. The minimum atomic E-state index is -1.47. The van der Waals surface area contributed by atoms with Gasteiger partial charge >= 0.3 is 0 Å². The fraction of sp³-hybridized carbons (Fsp3) is 0.292. The van der Waals surface area contributed by atoms with Crippen LogP contribution >= 0.6 is 0 Å². The molecule has 1 aliphatic rings. The summed E-state index contributed by atoms with van der Waals surface area (Å²) in [4.78, 5) is 23.0. The van der Waals surface area contributed by atoms with Crippen molar-refractivity contribution in [2.75, 3.05) is 23.8 Å². The lowest BCUT2D eigenvalue weighted by Crippen LogP contribution is -2.62. The number of nitrogens with zero attached hydrogens (tertiary/aromatic N) is 5. The molecule has 1 amide bonds. The molecule has 1 fully saturated rings. The fourth-order valence-corrected chi connectivity index (χ4v) is 3.96. The van der Waals surface area contributed by atoms with E-state index in [9.17, 15) is 23.8 Å². The molecule has 3 aromatic rings. The quantitative estimate of drug-likeness (QED) is 0.307. The Morgan fingerprint density at radius 2 is 1.97 bits per heavy atom. The number of nitrogens with one attached hydrogen (secondary N) is 3. The number of aliphatic hydroxyl groups is 2. The second kappa shape index (κ2) is 10.4. The number of rotatable bonds is 8. The summed E-state index contributed by atoms with van der Waals surface area (Å²) in [6.45, 7) is 0.319. The van der Waals surface area contributed by atoms with Gasteiger partial charge in [-0.05, 0) is 24.6 Å². The average Bonchev–Trinajstić information content (AvgIpc) is 3.29. The summed E-state index contributed by atoms with van der Waals surface area (Å²) in [6, 6.07) is 4.92. The van der Waals surface area contributed by atoms with Crippen LogP contribution in [-0.4, -0.2) is 65.2 Å². The van der Waals surface area contributed by atoms with Gasteiger partial charge in [-0.25, -0.2) is 13.8 Å². The van der Waals surface area contributed by atoms with Gasteiger partial charge in [0.25, 0.3) is 5.91 Å². The zero-order chi connectivity index (χ0) is 26.7. The average molecular weight is 513 g/mol. The molecule has 0 unspecified atom stereocenters. The van der Waals surface area contributed by atoms with E-state index in [1.54, 1.807) is 37.1 Å². The minimum absolute atomic E-state index is 0.0640. The van der Waals surface area contributed by atoms with Gasteiger partial charge in [0.2, 0.25) is 5.95 Å². The number of aryl methyl sites for hydroxylation is 2. The maximum Gasteiger partial charge on any atom is 0.273 e. The van der Waals surface area contributed by atoms with E-state index in [1.165, 1.54) is 12.3 Å². The zero-order valence-electron chi connectivity index (χ0n) is 20.2. The first-order valence-electron chi connectivity index (χ1n) is 11.3. The number of aromatic nitrogens is 4. The van der Waals surface area contributed by atoms with Gasteiger partial charge in [0, 0.05) is 49.6 Å². The van der Waals surface area contributed by atoms with Gasteiger partial charge in [0.15, 0.2) is 11.6 Å². The Morgan fingerprint density at radius 1 is 1.22 bits per heavy atom. The van der Waals surface area contributed by atoms with Crippen LogP contribution in [0.5, 0.6) is 0 Å². The lowest BCUT2D eigenvalue weighted by molar-refractivity contribution is -0.137. The molecule has 5 N–H and O–H groups in total. The molecule has 1 saturated heterocycles. The molecule has 3 heterocycles. The molecule has 0 atom stereocenters. The van der Waals surface area contributed by atoms with Crippen LogP contribution in [0.2, 0.25) is 0 Å². The van der Waals surface area contributed by atoms with Crippen LogP contribution in [0.25, 0.3) is 0 Å². The SMILES string of the molecule is Cc1cnc(Nc2ccnn2C)nc1N/C=C1/CC(CO)(CO)N(Cc2ccc(F)c(F)c2)C(=O)C1=N. The van der Waals surface area contributed by atoms with E-state index < -0.39 is 36.3 Å². The Balaban J connectivity index is 1.58. The number of aliphatic hydroxyl groups excluding tert-OH is 2. The Labute approximate surface area is 211 Å². The standard InChI is InChI=1S/C24H26F2N8O3/c1-14-9-29-23(31-19-5-6-30-33(19)2)32-21(14)28-10-16-8-24(12-35,13-36)34(22(37)20(16)27)11-15-3-4-17(25)18(26)7-15/h3-7,9-10,27,35-36H,8,11-13H2,1-2H3,(H2,28,29,31,32)/b16-10-,27-20?. The lowest BCUT2D eigenvalue weighted by Gasteiger charge is -2.45. The molecule has 37 heavy (non-hydrogen) atoms. The highest BCUT2D eigenvalue weighted by atomic mass is 19.2. The van der Waals surface area contributed by atoms with Crippen molar-refractivity contribution in [2.24, 2.45) is 7.05 Å². The second-order valence-corrected chi connectivity index (χ2v) is 8.74. The van der Waals surface area contributed by atoms with E-state index in [2.05, 4.69) is 25.7 Å². The largest absolute Gasteiger partial charge is 0.394 e. The third kappa shape index (κ3) is 5.17. The Morgan fingerprint density at radius 3 is 2.62 bits per heavy atom. The smallest absolute Gasteiger partial charge is 0.273 e. The van der Waals surface area contributed by atoms with Gasteiger partial charge in [-0.1, -0.05) is 6.07 Å². The van der Waals surface area contributed by atoms with Crippen LogP contribution in [0.1, 0.15) is 17.5 Å². The van der Waals surface area contributed by atoms with Crippen molar-refractivity contribution in [1.82, 2.24) is 24.6 Å². The molecule has 13 heteroatoms. The highest BCUT2D eigenvalue weighted by Crippen LogP contribution is 2.32. The van der Waals surface area contributed by atoms with Crippen LogP contribution < -0.4 is 10.6 Å². The van der Waals surface area contributed by atoms with Gasteiger partial charge in [-0.2, -0.15) is 10.1 Å². The van der Waals surface area contributed by atoms with Crippen LogP contribution in [0.15, 0.2) is 48.4 Å². The van der Waals surface area contributed by atoms with Crippen molar-refractivity contribution < 1.29 is 23.8 Å². The van der Waals surface area contributed by atoms with E-state index in [0.717, 1.165) is 17.0 Å². The van der Waals surface area contributed by atoms with E-state index in [1.807, 2.05) is 0 Å². The molecule has 11 nitrogen and oxygen atoms in total. The normalized spacial score (nSPS) is 16.4. The summed E-state index contributed by atoms with van der Waals surface area (Å²) in [7, 11) is 1.76. The predicted octanol–water partition coefficient (Wildman–Crippen LogP) is 2.01. The van der Waals surface area contributed by atoms with Gasteiger partial charge in [0.05, 0.1) is 24.9 Å². The number of hydrogen-bond acceptors (Lipinski definition) is 9. The number of likely N-dealkylation sites (tertiary alicyclic amines) is 1. The van der Waals surface area contributed by atoms with Crippen LogP contribution in [0.4, 0.5) is 26.4 Å².